The number of carbonyl (C=O) groups is 1. The first kappa shape index (κ1) is 20.9. The predicted octanol–water partition coefficient (Wildman–Crippen LogP) is 4.54. The van der Waals surface area contributed by atoms with Crippen LogP contribution in [0.15, 0.2) is 24.5 Å². The molecule has 1 N–H and O–H groups in total. The van der Waals surface area contributed by atoms with E-state index in [9.17, 15) is 18.0 Å². The normalized spacial score (nSPS) is 12.9. The highest BCUT2D eigenvalue weighted by Gasteiger charge is 2.31. The summed E-state index contributed by atoms with van der Waals surface area (Å²) in [5.41, 5.74) is -0.348. The summed E-state index contributed by atoms with van der Waals surface area (Å²) in [6.07, 6.45) is -1.52. The third-order valence-electron chi connectivity index (χ3n) is 3.97. The number of aromatic nitrogens is 3. The fraction of sp³-hybridized carbons (Fsp3) is 0.526. The molecule has 5 nitrogen and oxygen atoms in total. The second-order valence-corrected chi connectivity index (χ2v) is 8.53. The summed E-state index contributed by atoms with van der Waals surface area (Å²) in [5.74, 6) is -0.0617. The second-order valence-electron chi connectivity index (χ2n) is 8.53. The van der Waals surface area contributed by atoms with Crippen molar-refractivity contribution >= 4 is 5.91 Å². The third-order valence-corrected chi connectivity index (χ3v) is 3.97. The average molecular weight is 382 g/mol. The van der Waals surface area contributed by atoms with E-state index < -0.39 is 17.3 Å². The topological polar surface area (TPSA) is 59.8 Å². The fourth-order valence-electron chi connectivity index (χ4n) is 3.29. The van der Waals surface area contributed by atoms with E-state index in [2.05, 4.69) is 36.2 Å². The number of halogens is 3. The van der Waals surface area contributed by atoms with E-state index in [4.69, 9.17) is 0 Å². The summed E-state index contributed by atoms with van der Waals surface area (Å²) in [7, 11) is 0. The van der Waals surface area contributed by atoms with Gasteiger partial charge in [-0.3, -0.25) is 4.79 Å². The predicted molar refractivity (Wildman–Crippen MR) is 96.7 cm³/mol. The lowest BCUT2D eigenvalue weighted by Crippen LogP contribution is -2.45. The lowest BCUT2D eigenvalue weighted by Gasteiger charge is -2.33. The highest BCUT2D eigenvalue weighted by atomic mass is 19.4. The Balaban J connectivity index is 2.23. The summed E-state index contributed by atoms with van der Waals surface area (Å²) in [4.78, 5) is 16.5. The number of pyridine rings is 1. The maximum atomic E-state index is 12.7. The zero-order valence-electron chi connectivity index (χ0n) is 16.4. The lowest BCUT2D eigenvalue weighted by atomic mass is 9.81. The molecule has 148 valence electrons. The monoisotopic (exact) mass is 382 g/mol. The first-order valence-electron chi connectivity index (χ1n) is 8.60. The number of rotatable bonds is 4. The molecular formula is C19H25F3N4O. The molecule has 8 heteroatoms. The third kappa shape index (κ3) is 5.30. The largest absolute Gasteiger partial charge is 0.417 e. The fourth-order valence-corrected chi connectivity index (χ4v) is 3.29. The minimum absolute atomic E-state index is 0.0418. The molecule has 2 rings (SSSR count). The van der Waals surface area contributed by atoms with Crippen LogP contribution in [0.3, 0.4) is 0 Å². The molecule has 0 saturated carbocycles. The van der Waals surface area contributed by atoms with Gasteiger partial charge < -0.3 is 5.32 Å². The highest BCUT2D eigenvalue weighted by molar-refractivity contribution is 5.95. The van der Waals surface area contributed by atoms with Gasteiger partial charge in [0.05, 0.1) is 23.0 Å². The Labute approximate surface area is 157 Å². The molecule has 0 aliphatic rings. The Morgan fingerprint density at radius 1 is 1.11 bits per heavy atom. The van der Waals surface area contributed by atoms with E-state index >= 15 is 0 Å². The first-order valence-corrected chi connectivity index (χ1v) is 8.60. The van der Waals surface area contributed by atoms with Crippen molar-refractivity contribution in [2.75, 3.05) is 0 Å². The Bertz CT molecular complexity index is 815. The Kier molecular flexibility index (Phi) is 5.41. The van der Waals surface area contributed by atoms with Gasteiger partial charge in [-0.15, -0.1) is 0 Å². The number of nitrogens with zero attached hydrogens (tertiary/aromatic N) is 3. The zero-order valence-corrected chi connectivity index (χ0v) is 16.4. The molecule has 1 amide bonds. The molecule has 0 aliphatic heterocycles. The second kappa shape index (κ2) is 6.98. The number of nitrogens with one attached hydrogen (secondary N) is 1. The standard InChI is InChI=1S/C19H25F3N4O/c1-12-14(16(27)25-18(5,6)11-17(2,3)4)10-24-26(12)15-8-7-13(9-23-15)19(20,21)22/h7-10H,11H2,1-6H3,(H,25,27). The van der Waals surface area contributed by atoms with Crippen LogP contribution in [0.1, 0.15) is 62.7 Å². The molecule has 0 aromatic carbocycles. The van der Waals surface area contributed by atoms with Gasteiger partial charge >= 0.3 is 6.18 Å². The molecule has 0 spiro atoms. The minimum Gasteiger partial charge on any atom is -0.347 e. The van der Waals surface area contributed by atoms with Crippen molar-refractivity contribution in [3.05, 3.63) is 41.3 Å². The molecule has 0 atom stereocenters. The number of hydrogen-bond donors (Lipinski definition) is 1. The summed E-state index contributed by atoms with van der Waals surface area (Å²) >= 11 is 0. The average Bonchev–Trinajstić information content (AvgIpc) is 2.85. The molecular weight excluding hydrogens is 357 g/mol. The Morgan fingerprint density at radius 3 is 2.22 bits per heavy atom. The Morgan fingerprint density at radius 2 is 1.74 bits per heavy atom. The molecule has 27 heavy (non-hydrogen) atoms. The lowest BCUT2D eigenvalue weighted by molar-refractivity contribution is -0.137. The van der Waals surface area contributed by atoms with Gasteiger partial charge in [0.25, 0.3) is 5.91 Å². The summed E-state index contributed by atoms with van der Waals surface area (Å²) < 4.78 is 39.4. The van der Waals surface area contributed by atoms with Crippen molar-refractivity contribution in [1.82, 2.24) is 20.1 Å². The first-order chi connectivity index (χ1) is 12.2. The quantitative estimate of drug-likeness (QED) is 0.845. The number of carbonyl (C=O) groups excluding carboxylic acids is 1. The smallest absolute Gasteiger partial charge is 0.347 e. The molecule has 0 radical (unpaired) electrons. The van der Waals surface area contributed by atoms with Gasteiger partial charge in [-0.2, -0.15) is 18.3 Å². The van der Waals surface area contributed by atoms with E-state index in [1.54, 1.807) is 6.92 Å². The van der Waals surface area contributed by atoms with Crippen LogP contribution in [0.4, 0.5) is 13.2 Å². The molecule has 2 heterocycles. The van der Waals surface area contributed by atoms with E-state index in [0.29, 0.717) is 11.3 Å². The molecule has 0 fully saturated rings. The van der Waals surface area contributed by atoms with Gasteiger partial charge in [0, 0.05) is 11.7 Å². The van der Waals surface area contributed by atoms with E-state index in [1.165, 1.54) is 16.9 Å². The van der Waals surface area contributed by atoms with Gasteiger partial charge in [0.1, 0.15) is 0 Å². The van der Waals surface area contributed by atoms with Gasteiger partial charge in [-0.25, -0.2) is 9.67 Å². The van der Waals surface area contributed by atoms with Crippen molar-refractivity contribution in [2.45, 2.75) is 59.7 Å². The summed E-state index contributed by atoms with van der Waals surface area (Å²) in [6.45, 7) is 11.9. The van der Waals surface area contributed by atoms with Crippen LogP contribution in [-0.2, 0) is 6.18 Å². The van der Waals surface area contributed by atoms with Crippen molar-refractivity contribution in [1.29, 1.82) is 0 Å². The highest BCUT2D eigenvalue weighted by Crippen LogP contribution is 2.29. The van der Waals surface area contributed by atoms with Crippen LogP contribution in [-0.4, -0.2) is 26.2 Å². The van der Waals surface area contributed by atoms with Gasteiger partial charge in [0.2, 0.25) is 0 Å². The Hall–Kier alpha value is -2.38. The number of alkyl halides is 3. The number of hydrogen-bond acceptors (Lipinski definition) is 3. The van der Waals surface area contributed by atoms with Crippen LogP contribution in [0, 0.1) is 12.3 Å². The summed E-state index contributed by atoms with van der Waals surface area (Å²) in [5, 5.41) is 7.12. The van der Waals surface area contributed by atoms with Gasteiger partial charge in [-0.05, 0) is 44.7 Å². The molecule has 2 aromatic heterocycles. The molecule has 0 aliphatic carbocycles. The molecule has 0 bridgehead atoms. The van der Waals surface area contributed by atoms with Crippen LogP contribution in [0.2, 0.25) is 0 Å². The molecule has 0 unspecified atom stereocenters. The minimum atomic E-state index is -4.45. The van der Waals surface area contributed by atoms with Crippen molar-refractivity contribution in [3.8, 4) is 5.82 Å². The van der Waals surface area contributed by atoms with Crippen molar-refractivity contribution < 1.29 is 18.0 Å². The van der Waals surface area contributed by atoms with Gasteiger partial charge in [-0.1, -0.05) is 20.8 Å². The molecule has 0 saturated heterocycles. The van der Waals surface area contributed by atoms with Crippen molar-refractivity contribution in [2.24, 2.45) is 5.41 Å². The van der Waals surface area contributed by atoms with Crippen LogP contribution in [0.25, 0.3) is 5.82 Å². The van der Waals surface area contributed by atoms with Crippen LogP contribution in [0.5, 0.6) is 0 Å². The zero-order chi connectivity index (χ0) is 20.6. The molecule has 2 aromatic rings. The maximum Gasteiger partial charge on any atom is 0.417 e. The van der Waals surface area contributed by atoms with Crippen molar-refractivity contribution in [3.63, 3.8) is 0 Å². The number of amides is 1. The summed E-state index contributed by atoms with van der Waals surface area (Å²) in [6, 6.07) is 2.17. The van der Waals surface area contributed by atoms with Crippen LogP contribution < -0.4 is 5.32 Å². The maximum absolute atomic E-state index is 12.7. The SMILES string of the molecule is Cc1c(C(=O)NC(C)(C)CC(C)(C)C)cnn1-c1ccc(C(F)(F)F)cn1. The van der Waals surface area contributed by atoms with Gasteiger partial charge in [0.15, 0.2) is 5.82 Å². The van der Waals surface area contributed by atoms with Crippen LogP contribution >= 0.6 is 0 Å². The van der Waals surface area contributed by atoms with E-state index in [0.717, 1.165) is 18.7 Å². The van der Waals surface area contributed by atoms with E-state index in [1.807, 2.05) is 13.8 Å². The van der Waals surface area contributed by atoms with E-state index in [-0.39, 0.29) is 17.1 Å².